The zero-order valence-electron chi connectivity index (χ0n) is 73.1. The fourth-order valence-electron chi connectivity index (χ4n) is 16.2. The number of para-hydroxylation sites is 4. The smallest absolute Gasteiger partial charge is 0.509 e. The molecule has 25 aromatic rings. The van der Waals surface area contributed by atoms with Crippen LogP contribution in [0.15, 0.2) is 395 Å². The van der Waals surface area contributed by atoms with Gasteiger partial charge in [0.05, 0.1) is 73.6 Å². The number of fused-ring (bicyclic) bond motifs is 8. The van der Waals surface area contributed by atoms with Gasteiger partial charge in [-0.1, -0.05) is 176 Å². The van der Waals surface area contributed by atoms with Gasteiger partial charge < -0.3 is 18.9 Å². The first-order valence-corrected chi connectivity index (χ1v) is 43.1. The van der Waals surface area contributed by atoms with Crippen LogP contribution in [0.3, 0.4) is 0 Å². The summed E-state index contributed by atoms with van der Waals surface area (Å²) in [6.45, 7) is 6.09. The van der Waals surface area contributed by atoms with Crippen molar-refractivity contribution >= 4 is 87.2 Å². The Bertz CT molecular complexity index is 8540. The molecule has 24 heteroatoms. The molecule has 0 fully saturated rings. The molecule has 0 spiro atoms. The predicted molar refractivity (Wildman–Crippen MR) is 519 cm³/mol. The number of aromatic nitrogens is 16. The van der Waals surface area contributed by atoms with Crippen LogP contribution < -0.4 is 18.9 Å². The van der Waals surface area contributed by atoms with E-state index in [1.54, 1.807) is 0 Å². The van der Waals surface area contributed by atoms with Crippen molar-refractivity contribution < 1.29 is 103 Å². The maximum absolute atomic E-state index is 6.25. The van der Waals surface area contributed by atoms with E-state index in [-0.39, 0.29) is 84.3 Å². The molecule has 20 nitrogen and oxygen atoms in total. The SMILES string of the molecule is Cc1c2ccccc2nn1-c1[c-]c(Oc2[c-]c(-n3ncc4ccccc43)ccc2)ccc1.Cc1nn(-c2[c-]c(Oc3[c-]c(-n4cc5ccccc5n4)ccc3)ccc2)c2ccccc12.Cc1nn(-c2[c-]c(Oc3[c-]c(-n4nc5ccccc5c4-c4ccccc4)ccc3)ccc2)c2ccccc12.[Pt+2].[Pt+2].[Pt+2].[Pt+2].[c-]1c(Oc2[c-]c(-n3ncc4ccccc43)ccc2)cccc1-n1cc2ccccc2n1. The molecule has 0 aliphatic carbocycles. The first-order chi connectivity index (χ1) is 65.6. The van der Waals surface area contributed by atoms with Gasteiger partial charge in [0.25, 0.3) is 0 Å². The molecular weight excluding hydrogens is 2430 g/mol. The molecule has 0 radical (unpaired) electrons. The summed E-state index contributed by atoms with van der Waals surface area (Å²) in [5.41, 5.74) is 19.5. The van der Waals surface area contributed by atoms with Crippen molar-refractivity contribution in [1.82, 2.24) is 78.2 Å². The van der Waals surface area contributed by atoms with Gasteiger partial charge in [0, 0.05) is 113 Å². The molecule has 0 saturated heterocycles. The minimum Gasteiger partial charge on any atom is -0.509 e. The number of nitrogens with zero attached hydrogens (tertiary/aromatic N) is 16. The summed E-state index contributed by atoms with van der Waals surface area (Å²) in [5.74, 6) is 4.73. The second kappa shape index (κ2) is 41.1. The third-order valence-corrected chi connectivity index (χ3v) is 22.5. The average molecular weight is 2500 g/mol. The van der Waals surface area contributed by atoms with Gasteiger partial charge in [-0.3, -0.25) is 37.5 Å². The minimum absolute atomic E-state index is 0. The van der Waals surface area contributed by atoms with E-state index in [2.05, 4.69) is 124 Å². The number of hydrogen-bond acceptors (Lipinski definition) is 12. The molecule has 0 aliphatic heterocycles. The van der Waals surface area contributed by atoms with Crippen LogP contribution in [-0.4, -0.2) is 78.2 Å². The maximum Gasteiger partial charge on any atom is 2.00 e. The number of benzene rings is 17. The van der Waals surface area contributed by atoms with E-state index < -0.39 is 0 Å². The van der Waals surface area contributed by atoms with Gasteiger partial charge in [-0.15, -0.1) is 146 Å². The molecule has 0 aliphatic rings. The number of hydrogen-bond donors (Lipinski definition) is 0. The average Bonchev–Trinajstić information content (AvgIpc) is 1.61. The molecule has 0 bridgehead atoms. The molecule has 25 rings (SSSR count). The second-order valence-electron chi connectivity index (χ2n) is 31.3. The summed E-state index contributed by atoms with van der Waals surface area (Å²) < 4.78 is 39.5. The van der Waals surface area contributed by atoms with Crippen LogP contribution in [0.1, 0.15) is 17.1 Å². The van der Waals surface area contributed by atoms with Crippen molar-refractivity contribution in [1.29, 1.82) is 0 Å². The van der Waals surface area contributed by atoms with Crippen LogP contribution >= 0.6 is 0 Å². The molecular formula is C113H74N16O4Pt4. The van der Waals surface area contributed by atoms with Crippen LogP contribution in [0.4, 0.5) is 0 Å². The largest absolute Gasteiger partial charge is 2.00 e. The van der Waals surface area contributed by atoms with E-state index in [1.165, 1.54) is 0 Å². The molecule has 0 saturated carbocycles. The van der Waals surface area contributed by atoms with Crippen LogP contribution in [-0.2, 0) is 84.3 Å². The van der Waals surface area contributed by atoms with E-state index in [0.29, 0.717) is 46.0 Å². The monoisotopic (exact) mass is 2500 g/mol. The molecule has 137 heavy (non-hydrogen) atoms. The molecule has 0 N–H and O–H groups in total. The Morgan fingerprint density at radius 3 is 0.883 bits per heavy atom. The topological polar surface area (TPSA) is 179 Å². The minimum atomic E-state index is 0. The molecule has 0 amide bonds. The summed E-state index contributed by atoms with van der Waals surface area (Å²) in [5, 5.41) is 46.1. The summed E-state index contributed by atoms with van der Waals surface area (Å²) >= 11 is 0. The summed E-state index contributed by atoms with van der Waals surface area (Å²) in [7, 11) is 0. The number of ether oxygens (including phenoxy) is 4. The van der Waals surface area contributed by atoms with Crippen molar-refractivity contribution in [2.45, 2.75) is 20.8 Å². The fraction of sp³-hybridized carbons (Fsp3) is 0.0265. The molecule has 17 aromatic carbocycles. The first kappa shape index (κ1) is 91.9. The Morgan fingerprint density at radius 2 is 0.496 bits per heavy atom. The summed E-state index contributed by atoms with van der Waals surface area (Å²) in [6, 6.07) is 148. The second-order valence-corrected chi connectivity index (χ2v) is 31.3. The van der Waals surface area contributed by atoms with Gasteiger partial charge in [0.2, 0.25) is 0 Å². The molecule has 8 aromatic heterocycles. The Hall–Kier alpha value is -15.5. The number of aryl methyl sites for hydroxylation is 3. The summed E-state index contributed by atoms with van der Waals surface area (Å²) in [4.78, 5) is 0. The zero-order valence-corrected chi connectivity index (χ0v) is 82.2. The standard InChI is InChI=1S/C33H22N4O.2C27H18N4O.C26H16N4O.4Pt/c1-23-29-17-6-8-20-32(29)36(34-23)25-13-9-15-27(21-25)38-28-16-10-14-26(22-28)37-33(24-11-3-2-4-12-24)30-18-5-7-19-31(30)35-37;1-19-25-13-3-4-14-26(25)29-30(19)21-9-6-11-23(16-21)32-24-12-7-10-22(17-24)31-27-15-5-2-8-20(27)18-28-31;1-19-25-13-3-5-15-27(25)31(28-19)22-10-7-12-24(17-22)32-23-11-6-9-21(16-23)30-18-20-8-2-4-14-26(20)29-30;1-3-13-25-20(8-1)18-29(28-25)21-9-5-11-23(15-21)31-24-12-6-10-22(16-24)30-26-14-4-2-7-19(26)17-27-30;;;;/h2-20H,1H3;2*2-15,18H,1H3;1-14,17-18H;;;;/q4*-2;4*+2. The quantitative estimate of drug-likeness (QED) is 0.0789. The van der Waals surface area contributed by atoms with Gasteiger partial charge in [-0.25, -0.2) is 0 Å². The maximum atomic E-state index is 6.25. The van der Waals surface area contributed by atoms with Crippen molar-refractivity contribution in [2.75, 3.05) is 0 Å². The van der Waals surface area contributed by atoms with Gasteiger partial charge >= 0.3 is 84.3 Å². The first-order valence-electron chi connectivity index (χ1n) is 43.1. The van der Waals surface area contributed by atoms with Crippen molar-refractivity contribution in [3.05, 3.63) is 460 Å². The van der Waals surface area contributed by atoms with Gasteiger partial charge in [0.1, 0.15) is 0 Å². The van der Waals surface area contributed by atoms with E-state index in [0.717, 1.165) is 161 Å². The Kier molecular flexibility index (Phi) is 27.6. The number of rotatable bonds is 17. The van der Waals surface area contributed by atoms with Gasteiger partial charge in [0.15, 0.2) is 0 Å². The third kappa shape index (κ3) is 19.5. The van der Waals surface area contributed by atoms with E-state index in [9.17, 15) is 0 Å². The van der Waals surface area contributed by atoms with Crippen LogP contribution in [0, 0.1) is 69.3 Å². The van der Waals surface area contributed by atoms with Crippen LogP contribution in [0.2, 0.25) is 0 Å². The van der Waals surface area contributed by atoms with Gasteiger partial charge in [-0.05, 0) is 115 Å². The van der Waals surface area contributed by atoms with E-state index in [4.69, 9.17) is 39.3 Å². The van der Waals surface area contributed by atoms with Crippen molar-refractivity contribution in [2.24, 2.45) is 0 Å². The predicted octanol–water partition coefficient (Wildman–Crippen LogP) is 25.6. The Morgan fingerprint density at radius 1 is 0.212 bits per heavy atom. The molecule has 670 valence electrons. The third-order valence-electron chi connectivity index (χ3n) is 22.5. The van der Waals surface area contributed by atoms with Gasteiger partial charge in [-0.2, -0.15) is 89.3 Å². The summed E-state index contributed by atoms with van der Waals surface area (Å²) in [6.07, 6.45) is 7.68. The molecule has 0 unspecified atom stereocenters. The zero-order chi connectivity index (χ0) is 89.1. The van der Waals surface area contributed by atoms with E-state index >= 15 is 0 Å². The van der Waals surface area contributed by atoms with E-state index in [1.807, 2.05) is 398 Å². The van der Waals surface area contributed by atoms with Crippen LogP contribution in [0.5, 0.6) is 46.0 Å². The Balaban J connectivity index is 0.000000121. The Labute approximate surface area is 845 Å². The normalized spacial score (nSPS) is 10.9. The van der Waals surface area contributed by atoms with Crippen LogP contribution in [0.25, 0.3) is 144 Å². The fourth-order valence-corrected chi connectivity index (χ4v) is 16.2. The molecule has 0 atom stereocenters. The van der Waals surface area contributed by atoms with Crippen molar-refractivity contribution in [3.8, 4) is 103 Å². The van der Waals surface area contributed by atoms with Crippen molar-refractivity contribution in [3.63, 3.8) is 0 Å². The molecule has 8 heterocycles.